The Hall–Kier alpha value is -2.98. The zero-order chi connectivity index (χ0) is 20.4. The first-order valence-corrected chi connectivity index (χ1v) is 10.3. The van der Waals surface area contributed by atoms with E-state index in [0.29, 0.717) is 28.4 Å². The second-order valence-corrected chi connectivity index (χ2v) is 7.71. The van der Waals surface area contributed by atoms with Crippen molar-refractivity contribution in [3.05, 3.63) is 66.7 Å². The Labute approximate surface area is 178 Å². The molecule has 0 N–H and O–H groups in total. The van der Waals surface area contributed by atoms with Crippen LogP contribution in [0.5, 0.6) is 11.5 Å². The van der Waals surface area contributed by atoms with Crippen molar-refractivity contribution in [3.8, 4) is 22.8 Å². The highest BCUT2D eigenvalue weighted by Crippen LogP contribution is 2.37. The van der Waals surface area contributed by atoms with Crippen LogP contribution in [0.25, 0.3) is 11.3 Å². The summed E-state index contributed by atoms with van der Waals surface area (Å²) in [5.41, 5.74) is 2.02. The summed E-state index contributed by atoms with van der Waals surface area (Å²) >= 11 is 4.89. The normalized spacial score (nSPS) is 13.4. The molecular weight excluding hydrogens is 460 g/mol. The summed E-state index contributed by atoms with van der Waals surface area (Å²) in [7, 11) is 0. The van der Waals surface area contributed by atoms with Gasteiger partial charge in [0.05, 0.1) is 28.5 Å². The second-order valence-electron chi connectivity index (χ2n) is 5.96. The van der Waals surface area contributed by atoms with Gasteiger partial charge in [0.15, 0.2) is 11.5 Å². The lowest BCUT2D eigenvalue weighted by molar-refractivity contribution is -0.385. The largest absolute Gasteiger partial charge is 0.454 e. The van der Waals surface area contributed by atoms with Crippen LogP contribution in [0.1, 0.15) is 12.5 Å². The molecule has 148 valence electrons. The van der Waals surface area contributed by atoms with E-state index in [4.69, 9.17) is 9.47 Å². The molecule has 0 radical (unpaired) electrons. The fourth-order valence-corrected chi connectivity index (χ4v) is 3.97. The monoisotopic (exact) mass is 474 g/mol. The van der Waals surface area contributed by atoms with Crippen molar-refractivity contribution in [2.24, 2.45) is 10.1 Å². The van der Waals surface area contributed by atoms with Gasteiger partial charge in [0.25, 0.3) is 5.69 Å². The molecule has 0 unspecified atom stereocenters. The molecule has 1 aromatic heterocycles. The van der Waals surface area contributed by atoms with Gasteiger partial charge in [-0.1, -0.05) is 28.1 Å². The lowest BCUT2D eigenvalue weighted by Gasteiger charge is -2.04. The predicted molar refractivity (Wildman–Crippen MR) is 114 cm³/mol. The van der Waals surface area contributed by atoms with Crippen LogP contribution < -0.4 is 14.3 Å². The Balaban J connectivity index is 1.81. The Morgan fingerprint density at radius 1 is 1.28 bits per heavy atom. The molecule has 0 spiro atoms. The topological polar surface area (TPSA) is 91.2 Å². The van der Waals surface area contributed by atoms with Crippen LogP contribution in [0.2, 0.25) is 0 Å². The van der Waals surface area contributed by atoms with E-state index < -0.39 is 4.92 Å². The number of hydrogen-bond acceptors (Lipinski definition) is 7. The SMILES string of the molecule is CCN=c1scc(-c2ccc(Br)cc2)n1N=Cc1cc2c(cc1[N+](=O)[O-])OCO2. The maximum atomic E-state index is 11.5. The third-order valence-corrected chi connectivity index (χ3v) is 5.53. The molecule has 29 heavy (non-hydrogen) atoms. The Morgan fingerprint density at radius 2 is 2.00 bits per heavy atom. The Morgan fingerprint density at radius 3 is 2.69 bits per heavy atom. The fraction of sp³-hybridized carbons (Fsp3) is 0.158. The van der Waals surface area contributed by atoms with Gasteiger partial charge >= 0.3 is 0 Å². The summed E-state index contributed by atoms with van der Waals surface area (Å²) < 4.78 is 13.2. The maximum absolute atomic E-state index is 11.5. The number of nitrogens with zero attached hydrogens (tertiary/aromatic N) is 4. The molecule has 10 heteroatoms. The molecule has 0 amide bonds. The van der Waals surface area contributed by atoms with E-state index in [9.17, 15) is 10.1 Å². The van der Waals surface area contributed by atoms with Crippen molar-refractivity contribution < 1.29 is 14.4 Å². The number of benzene rings is 2. The summed E-state index contributed by atoms with van der Waals surface area (Å²) in [6.07, 6.45) is 1.45. The van der Waals surface area contributed by atoms with Gasteiger partial charge < -0.3 is 9.47 Å². The molecule has 1 aliphatic heterocycles. The van der Waals surface area contributed by atoms with Gasteiger partial charge in [0, 0.05) is 22.0 Å². The van der Waals surface area contributed by atoms with E-state index in [0.717, 1.165) is 15.7 Å². The van der Waals surface area contributed by atoms with Crippen molar-refractivity contribution in [1.29, 1.82) is 0 Å². The second kappa shape index (κ2) is 8.18. The highest BCUT2D eigenvalue weighted by molar-refractivity contribution is 9.10. The summed E-state index contributed by atoms with van der Waals surface area (Å²) in [6.45, 7) is 2.58. The molecule has 8 nitrogen and oxygen atoms in total. The molecule has 0 fully saturated rings. The van der Waals surface area contributed by atoms with Crippen LogP contribution in [-0.4, -0.2) is 29.2 Å². The fourth-order valence-electron chi connectivity index (χ4n) is 2.80. The molecule has 0 aliphatic carbocycles. The molecule has 0 atom stereocenters. The molecule has 0 saturated heterocycles. The minimum absolute atomic E-state index is 0.0413. The number of aromatic nitrogens is 1. The van der Waals surface area contributed by atoms with Crippen molar-refractivity contribution >= 4 is 39.2 Å². The summed E-state index contributed by atoms with van der Waals surface area (Å²) in [6, 6.07) is 10.7. The van der Waals surface area contributed by atoms with E-state index in [1.807, 2.05) is 36.6 Å². The quantitative estimate of drug-likeness (QED) is 0.310. The smallest absolute Gasteiger partial charge is 0.282 e. The first-order valence-electron chi connectivity index (χ1n) is 8.66. The van der Waals surface area contributed by atoms with E-state index in [1.165, 1.54) is 23.6 Å². The minimum atomic E-state index is -0.464. The summed E-state index contributed by atoms with van der Waals surface area (Å²) in [5.74, 6) is 0.813. The molecule has 0 bridgehead atoms. The van der Waals surface area contributed by atoms with Gasteiger partial charge in [0.2, 0.25) is 11.6 Å². The van der Waals surface area contributed by atoms with E-state index >= 15 is 0 Å². The van der Waals surface area contributed by atoms with Gasteiger partial charge in [-0.05, 0) is 25.1 Å². The van der Waals surface area contributed by atoms with Gasteiger partial charge in [-0.25, -0.2) is 4.68 Å². The summed E-state index contributed by atoms with van der Waals surface area (Å²) in [5, 5.41) is 18.0. The molecule has 3 aromatic rings. The number of ether oxygens (including phenoxy) is 2. The number of halogens is 1. The maximum Gasteiger partial charge on any atom is 0.282 e. The van der Waals surface area contributed by atoms with Crippen LogP contribution in [0.4, 0.5) is 5.69 Å². The Bertz CT molecular complexity index is 1170. The zero-order valence-electron chi connectivity index (χ0n) is 15.2. The highest BCUT2D eigenvalue weighted by atomic mass is 79.9. The van der Waals surface area contributed by atoms with Gasteiger partial charge in [-0.2, -0.15) is 5.10 Å². The predicted octanol–water partition coefficient (Wildman–Crippen LogP) is 4.42. The number of nitro benzene ring substituents is 1. The molecule has 2 aromatic carbocycles. The Kier molecular flexibility index (Phi) is 5.45. The lowest BCUT2D eigenvalue weighted by atomic mass is 10.1. The third kappa shape index (κ3) is 3.94. The first kappa shape index (κ1) is 19.3. The van der Waals surface area contributed by atoms with Gasteiger partial charge in [0.1, 0.15) is 0 Å². The highest BCUT2D eigenvalue weighted by Gasteiger charge is 2.22. The van der Waals surface area contributed by atoms with Gasteiger partial charge in [-0.3, -0.25) is 15.1 Å². The first-order chi connectivity index (χ1) is 14.1. The molecule has 2 heterocycles. The van der Waals surface area contributed by atoms with E-state index in [2.05, 4.69) is 26.0 Å². The van der Waals surface area contributed by atoms with Crippen LogP contribution in [0.3, 0.4) is 0 Å². The molecule has 0 saturated carbocycles. The average Bonchev–Trinajstić information content (AvgIpc) is 3.33. The molecular formula is C19H15BrN4O4S. The third-order valence-electron chi connectivity index (χ3n) is 4.15. The van der Waals surface area contributed by atoms with Crippen LogP contribution >= 0.6 is 27.3 Å². The molecule has 4 rings (SSSR count). The van der Waals surface area contributed by atoms with Crippen LogP contribution in [0, 0.1) is 10.1 Å². The zero-order valence-corrected chi connectivity index (χ0v) is 17.6. The van der Waals surface area contributed by atoms with Crippen molar-refractivity contribution in [1.82, 2.24) is 4.68 Å². The number of rotatable bonds is 5. The van der Waals surface area contributed by atoms with Crippen molar-refractivity contribution in [2.45, 2.75) is 6.92 Å². The number of fused-ring (bicyclic) bond motifs is 1. The van der Waals surface area contributed by atoms with Crippen molar-refractivity contribution in [2.75, 3.05) is 13.3 Å². The van der Waals surface area contributed by atoms with Crippen molar-refractivity contribution in [3.63, 3.8) is 0 Å². The van der Waals surface area contributed by atoms with Crippen LogP contribution in [0.15, 0.2) is 56.3 Å². The number of nitro groups is 1. The minimum Gasteiger partial charge on any atom is -0.454 e. The number of hydrogen-bond donors (Lipinski definition) is 0. The molecule has 1 aliphatic rings. The van der Waals surface area contributed by atoms with Gasteiger partial charge in [-0.15, -0.1) is 11.3 Å². The standard InChI is InChI=1S/C19H15BrN4O4S/c1-2-21-19-23(16(10-29-19)12-3-5-14(20)6-4-12)22-9-13-7-17-18(28-11-27-17)8-15(13)24(25)26/h3-10H,2,11H2,1H3. The van der Waals surface area contributed by atoms with E-state index in [1.54, 1.807) is 10.7 Å². The lowest BCUT2D eigenvalue weighted by Crippen LogP contribution is -2.12. The van der Waals surface area contributed by atoms with Crippen LogP contribution in [-0.2, 0) is 0 Å². The number of thiazole rings is 1. The summed E-state index contributed by atoms with van der Waals surface area (Å²) in [4.78, 5) is 16.2. The van der Waals surface area contributed by atoms with E-state index in [-0.39, 0.29) is 12.5 Å². The average molecular weight is 475 g/mol.